The van der Waals surface area contributed by atoms with E-state index in [2.05, 4.69) is 16.4 Å². The second-order valence-corrected chi connectivity index (χ2v) is 6.57. The summed E-state index contributed by atoms with van der Waals surface area (Å²) in [5, 5.41) is 15.3. The summed E-state index contributed by atoms with van der Waals surface area (Å²) in [6.07, 6.45) is 1.20. The second kappa shape index (κ2) is 7.70. The third-order valence-electron chi connectivity index (χ3n) is 3.74. The van der Waals surface area contributed by atoms with E-state index in [-0.39, 0.29) is 18.5 Å². The summed E-state index contributed by atoms with van der Waals surface area (Å²) < 4.78 is 19.4. The van der Waals surface area contributed by atoms with E-state index in [0.717, 1.165) is 15.8 Å². The second-order valence-electron chi connectivity index (χ2n) is 5.62. The Kier molecular flexibility index (Phi) is 5.40. The van der Waals surface area contributed by atoms with Crippen molar-refractivity contribution in [3.63, 3.8) is 0 Å². The van der Waals surface area contributed by atoms with Gasteiger partial charge in [-0.25, -0.2) is 4.39 Å². The molecule has 0 fully saturated rings. The maximum Gasteiger partial charge on any atom is 0.123 e. The quantitative estimate of drug-likeness (QED) is 0.687. The van der Waals surface area contributed by atoms with Crippen LogP contribution in [0, 0.1) is 5.82 Å². The van der Waals surface area contributed by atoms with Crippen molar-refractivity contribution in [1.29, 1.82) is 0 Å². The van der Waals surface area contributed by atoms with E-state index in [1.54, 1.807) is 23.5 Å². The number of aliphatic hydroxyl groups is 1. The molecule has 1 aromatic carbocycles. The molecule has 2 aromatic heterocycles. The largest absolute Gasteiger partial charge is 0.491 e. The molecule has 0 spiro atoms. The summed E-state index contributed by atoms with van der Waals surface area (Å²) in [4.78, 5) is 4.43. The topological polar surface area (TPSA) is 54.4 Å². The molecule has 0 saturated carbocycles. The van der Waals surface area contributed by atoms with Crippen LogP contribution in [0.5, 0.6) is 5.75 Å². The molecule has 0 bridgehead atoms. The van der Waals surface area contributed by atoms with E-state index in [0.29, 0.717) is 12.3 Å². The summed E-state index contributed by atoms with van der Waals surface area (Å²) in [7, 11) is 0. The van der Waals surface area contributed by atoms with Crippen LogP contribution in [0.1, 0.15) is 18.5 Å². The van der Waals surface area contributed by atoms with E-state index >= 15 is 0 Å². The van der Waals surface area contributed by atoms with Gasteiger partial charge in [-0.1, -0.05) is 0 Å². The van der Waals surface area contributed by atoms with Crippen molar-refractivity contribution in [2.24, 2.45) is 0 Å². The molecule has 0 radical (unpaired) electrons. The lowest BCUT2D eigenvalue weighted by atomic mass is 10.1. The van der Waals surface area contributed by atoms with Crippen LogP contribution in [-0.4, -0.2) is 29.3 Å². The molecule has 0 aliphatic heterocycles. The Hall–Kier alpha value is -2.02. The number of aliphatic hydroxyl groups excluding tert-OH is 1. The maximum absolute atomic E-state index is 12.8. The fourth-order valence-corrected chi connectivity index (χ4v) is 3.10. The van der Waals surface area contributed by atoms with Gasteiger partial charge in [0.2, 0.25) is 0 Å². The number of fused-ring (bicyclic) bond motifs is 1. The van der Waals surface area contributed by atoms with Crippen LogP contribution in [0.15, 0.2) is 48.0 Å². The first-order valence-electron chi connectivity index (χ1n) is 7.75. The molecule has 4 nitrogen and oxygen atoms in total. The van der Waals surface area contributed by atoms with Crippen molar-refractivity contribution in [2.45, 2.75) is 19.1 Å². The van der Waals surface area contributed by atoms with Gasteiger partial charge < -0.3 is 15.2 Å². The Labute approximate surface area is 143 Å². The van der Waals surface area contributed by atoms with Crippen molar-refractivity contribution in [3.05, 3.63) is 59.4 Å². The van der Waals surface area contributed by atoms with Crippen LogP contribution in [0.3, 0.4) is 0 Å². The average Bonchev–Trinajstić information content (AvgIpc) is 3.06. The van der Waals surface area contributed by atoms with Gasteiger partial charge in [-0.3, -0.25) is 4.98 Å². The smallest absolute Gasteiger partial charge is 0.123 e. The molecular weight excluding hydrogens is 327 g/mol. The highest BCUT2D eigenvalue weighted by molar-refractivity contribution is 7.17. The number of nitrogens with zero attached hydrogens (tertiary/aromatic N) is 1. The summed E-state index contributed by atoms with van der Waals surface area (Å²) in [5.41, 5.74) is 2.08. The van der Waals surface area contributed by atoms with E-state index in [1.165, 1.54) is 12.1 Å². The standard InChI is InChI=1S/C18H19FN2O2S/c1-12(13-8-18-17(21-9-13)6-7-24-18)20-10-15(22)11-23-16-4-2-14(19)3-5-16/h2-9,12,15,20,22H,10-11H2,1H3. The Morgan fingerprint density at radius 1 is 1.29 bits per heavy atom. The van der Waals surface area contributed by atoms with Crippen molar-refractivity contribution in [2.75, 3.05) is 13.2 Å². The fraction of sp³-hybridized carbons (Fsp3) is 0.278. The summed E-state index contributed by atoms with van der Waals surface area (Å²) in [5.74, 6) is 0.227. The number of ether oxygens (including phenoxy) is 1. The number of benzene rings is 1. The number of rotatable bonds is 7. The van der Waals surface area contributed by atoms with Crippen LogP contribution in [0.25, 0.3) is 10.2 Å². The van der Waals surface area contributed by atoms with Gasteiger partial charge in [-0.05, 0) is 54.3 Å². The van der Waals surface area contributed by atoms with E-state index < -0.39 is 6.10 Å². The molecule has 2 heterocycles. The minimum absolute atomic E-state index is 0.0736. The molecule has 126 valence electrons. The maximum atomic E-state index is 12.8. The summed E-state index contributed by atoms with van der Waals surface area (Å²) in [6.45, 7) is 2.57. The lowest BCUT2D eigenvalue weighted by Crippen LogP contribution is -2.33. The Morgan fingerprint density at radius 3 is 2.88 bits per heavy atom. The molecule has 0 amide bonds. The first-order valence-corrected chi connectivity index (χ1v) is 8.63. The van der Waals surface area contributed by atoms with Crippen LogP contribution >= 0.6 is 11.3 Å². The molecule has 0 aliphatic rings. The molecule has 24 heavy (non-hydrogen) atoms. The van der Waals surface area contributed by atoms with Gasteiger partial charge in [0, 0.05) is 18.8 Å². The van der Waals surface area contributed by atoms with Crippen molar-refractivity contribution >= 4 is 21.6 Å². The third-order valence-corrected chi connectivity index (χ3v) is 4.59. The van der Waals surface area contributed by atoms with Gasteiger partial charge in [-0.2, -0.15) is 0 Å². The van der Waals surface area contributed by atoms with E-state index in [1.807, 2.05) is 24.6 Å². The van der Waals surface area contributed by atoms with Crippen LogP contribution in [0.4, 0.5) is 4.39 Å². The number of halogens is 1. The van der Waals surface area contributed by atoms with Gasteiger partial charge in [-0.15, -0.1) is 11.3 Å². The normalized spacial score (nSPS) is 13.8. The molecule has 0 saturated heterocycles. The first kappa shape index (κ1) is 16.8. The first-order chi connectivity index (χ1) is 11.6. The molecular formula is C18H19FN2O2S. The van der Waals surface area contributed by atoms with Gasteiger partial charge in [0.05, 0.1) is 10.2 Å². The third kappa shape index (κ3) is 4.29. The number of pyridine rings is 1. The van der Waals surface area contributed by atoms with Crippen LogP contribution in [0.2, 0.25) is 0 Å². The van der Waals surface area contributed by atoms with Crippen molar-refractivity contribution < 1.29 is 14.2 Å². The van der Waals surface area contributed by atoms with E-state index in [9.17, 15) is 9.50 Å². The molecule has 3 rings (SSSR count). The molecule has 6 heteroatoms. The SMILES string of the molecule is CC(NCC(O)COc1ccc(F)cc1)c1cnc2ccsc2c1. The monoisotopic (exact) mass is 346 g/mol. The van der Waals surface area contributed by atoms with Crippen molar-refractivity contribution in [3.8, 4) is 5.75 Å². The molecule has 0 aliphatic carbocycles. The average molecular weight is 346 g/mol. The van der Waals surface area contributed by atoms with Crippen molar-refractivity contribution in [1.82, 2.24) is 10.3 Å². The molecule has 3 aromatic rings. The van der Waals surface area contributed by atoms with Gasteiger partial charge in [0.15, 0.2) is 0 Å². The predicted molar refractivity (Wildman–Crippen MR) is 93.9 cm³/mol. The van der Waals surface area contributed by atoms with Crippen LogP contribution in [-0.2, 0) is 0 Å². The van der Waals surface area contributed by atoms with Gasteiger partial charge in [0.25, 0.3) is 0 Å². The lowest BCUT2D eigenvalue weighted by Gasteiger charge is -2.18. The molecule has 2 atom stereocenters. The number of thiophene rings is 1. The number of hydrogen-bond donors (Lipinski definition) is 2. The predicted octanol–water partition coefficient (Wildman–Crippen LogP) is 3.53. The summed E-state index contributed by atoms with van der Waals surface area (Å²) in [6, 6.07) is 9.93. The number of hydrogen-bond acceptors (Lipinski definition) is 5. The lowest BCUT2D eigenvalue weighted by molar-refractivity contribution is 0.104. The minimum atomic E-state index is -0.657. The fourth-order valence-electron chi connectivity index (χ4n) is 2.31. The zero-order valence-corrected chi connectivity index (χ0v) is 14.1. The zero-order valence-electron chi connectivity index (χ0n) is 13.3. The highest BCUT2D eigenvalue weighted by atomic mass is 32.1. The molecule has 2 N–H and O–H groups in total. The van der Waals surface area contributed by atoms with E-state index in [4.69, 9.17) is 4.74 Å². The van der Waals surface area contributed by atoms with Gasteiger partial charge >= 0.3 is 0 Å². The zero-order chi connectivity index (χ0) is 16.9. The number of nitrogens with one attached hydrogen (secondary N) is 1. The number of aromatic nitrogens is 1. The minimum Gasteiger partial charge on any atom is -0.491 e. The highest BCUT2D eigenvalue weighted by Gasteiger charge is 2.11. The summed E-state index contributed by atoms with van der Waals surface area (Å²) >= 11 is 1.66. The van der Waals surface area contributed by atoms with Crippen LogP contribution < -0.4 is 10.1 Å². The Bertz CT molecular complexity index is 791. The highest BCUT2D eigenvalue weighted by Crippen LogP contribution is 2.22. The Morgan fingerprint density at radius 2 is 2.08 bits per heavy atom. The van der Waals surface area contributed by atoms with Gasteiger partial charge in [0.1, 0.15) is 24.3 Å². The Balaban J connectivity index is 1.48. The molecule has 2 unspecified atom stereocenters.